The Morgan fingerprint density at radius 2 is 1.71 bits per heavy atom. The SMILES string of the molecule is C=C(CNc1cc(C(F)(F)F)ccc1F)c1ccccc1. The van der Waals surface area contributed by atoms with Crippen molar-refractivity contribution in [2.75, 3.05) is 11.9 Å². The fourth-order valence-corrected chi connectivity index (χ4v) is 1.81. The highest BCUT2D eigenvalue weighted by molar-refractivity contribution is 5.67. The maximum Gasteiger partial charge on any atom is 0.416 e. The zero-order valence-corrected chi connectivity index (χ0v) is 11.0. The Balaban J connectivity index is 2.11. The molecule has 0 spiro atoms. The molecule has 0 amide bonds. The van der Waals surface area contributed by atoms with Gasteiger partial charge in [0.1, 0.15) is 5.82 Å². The Morgan fingerprint density at radius 3 is 2.33 bits per heavy atom. The number of benzene rings is 2. The van der Waals surface area contributed by atoms with Gasteiger partial charge in [0.15, 0.2) is 0 Å². The summed E-state index contributed by atoms with van der Waals surface area (Å²) in [6.45, 7) is 3.99. The van der Waals surface area contributed by atoms with Gasteiger partial charge in [-0.25, -0.2) is 4.39 Å². The molecule has 0 aliphatic heterocycles. The van der Waals surface area contributed by atoms with Gasteiger partial charge in [0.05, 0.1) is 11.3 Å². The fraction of sp³-hybridized carbons (Fsp3) is 0.125. The van der Waals surface area contributed by atoms with Crippen LogP contribution in [0.15, 0.2) is 55.1 Å². The Bertz CT molecular complexity index is 632. The molecule has 0 saturated carbocycles. The molecule has 0 fully saturated rings. The maximum absolute atomic E-state index is 13.6. The normalized spacial score (nSPS) is 11.2. The van der Waals surface area contributed by atoms with Gasteiger partial charge in [-0.3, -0.25) is 0 Å². The van der Waals surface area contributed by atoms with Crippen molar-refractivity contribution in [1.29, 1.82) is 0 Å². The summed E-state index contributed by atoms with van der Waals surface area (Å²) in [4.78, 5) is 0. The van der Waals surface area contributed by atoms with Crippen molar-refractivity contribution in [3.63, 3.8) is 0 Å². The minimum Gasteiger partial charge on any atom is -0.379 e. The molecule has 0 aromatic heterocycles. The standard InChI is InChI=1S/C16H13F4N/c1-11(12-5-3-2-4-6-12)10-21-15-9-13(16(18,19)20)7-8-14(15)17/h2-9,21H,1,10H2. The van der Waals surface area contributed by atoms with Crippen LogP contribution in [-0.4, -0.2) is 6.54 Å². The Hall–Kier alpha value is -2.30. The van der Waals surface area contributed by atoms with Crippen LogP contribution in [0.5, 0.6) is 0 Å². The number of halogens is 4. The van der Waals surface area contributed by atoms with Crippen LogP contribution in [0.2, 0.25) is 0 Å². The van der Waals surface area contributed by atoms with Gasteiger partial charge in [0, 0.05) is 6.54 Å². The molecule has 2 rings (SSSR count). The van der Waals surface area contributed by atoms with E-state index in [-0.39, 0.29) is 12.2 Å². The first kappa shape index (κ1) is 15.1. The highest BCUT2D eigenvalue weighted by atomic mass is 19.4. The molecule has 0 aliphatic carbocycles. The summed E-state index contributed by atoms with van der Waals surface area (Å²) in [5, 5.41) is 2.65. The lowest BCUT2D eigenvalue weighted by Gasteiger charge is -2.13. The van der Waals surface area contributed by atoms with Crippen molar-refractivity contribution >= 4 is 11.3 Å². The molecule has 0 heterocycles. The molecule has 0 unspecified atom stereocenters. The van der Waals surface area contributed by atoms with E-state index in [1.165, 1.54) is 0 Å². The van der Waals surface area contributed by atoms with Crippen molar-refractivity contribution in [2.45, 2.75) is 6.18 Å². The van der Waals surface area contributed by atoms with E-state index in [9.17, 15) is 17.6 Å². The van der Waals surface area contributed by atoms with Gasteiger partial charge < -0.3 is 5.32 Å². The van der Waals surface area contributed by atoms with E-state index < -0.39 is 17.6 Å². The van der Waals surface area contributed by atoms with E-state index >= 15 is 0 Å². The zero-order valence-electron chi connectivity index (χ0n) is 11.0. The molecule has 2 aromatic rings. The van der Waals surface area contributed by atoms with Crippen molar-refractivity contribution in [3.05, 3.63) is 72.1 Å². The van der Waals surface area contributed by atoms with E-state index in [0.29, 0.717) is 11.6 Å². The molecular weight excluding hydrogens is 282 g/mol. The maximum atomic E-state index is 13.6. The fourth-order valence-electron chi connectivity index (χ4n) is 1.81. The number of hydrogen-bond donors (Lipinski definition) is 1. The topological polar surface area (TPSA) is 12.0 Å². The summed E-state index contributed by atoms with van der Waals surface area (Å²) in [5.41, 5.74) is 0.420. The van der Waals surface area contributed by atoms with Gasteiger partial charge in [-0.15, -0.1) is 0 Å². The van der Waals surface area contributed by atoms with Crippen molar-refractivity contribution < 1.29 is 17.6 Å². The monoisotopic (exact) mass is 295 g/mol. The molecule has 5 heteroatoms. The Kier molecular flexibility index (Phi) is 4.31. The summed E-state index contributed by atoms with van der Waals surface area (Å²) in [6.07, 6.45) is -4.50. The summed E-state index contributed by atoms with van der Waals surface area (Å²) in [5.74, 6) is -0.733. The first-order valence-corrected chi connectivity index (χ1v) is 6.22. The molecule has 0 aliphatic rings. The summed E-state index contributed by atoms with van der Waals surface area (Å²) in [7, 11) is 0. The second-order valence-electron chi connectivity index (χ2n) is 4.52. The van der Waals surface area contributed by atoms with Crippen LogP contribution in [0, 0.1) is 5.82 Å². The van der Waals surface area contributed by atoms with E-state index in [0.717, 1.165) is 17.7 Å². The summed E-state index contributed by atoms with van der Waals surface area (Å²) < 4.78 is 51.3. The predicted octanol–water partition coefficient (Wildman–Crippen LogP) is 4.97. The molecule has 0 atom stereocenters. The molecule has 110 valence electrons. The van der Waals surface area contributed by atoms with Crippen LogP contribution in [0.25, 0.3) is 5.57 Å². The van der Waals surface area contributed by atoms with E-state index in [1.54, 1.807) is 0 Å². The van der Waals surface area contributed by atoms with Gasteiger partial charge in [-0.1, -0.05) is 36.9 Å². The van der Waals surface area contributed by atoms with Crippen molar-refractivity contribution in [1.82, 2.24) is 0 Å². The van der Waals surface area contributed by atoms with E-state index in [2.05, 4.69) is 11.9 Å². The molecule has 2 aromatic carbocycles. The number of alkyl halides is 3. The lowest BCUT2D eigenvalue weighted by atomic mass is 10.1. The second kappa shape index (κ2) is 5.99. The van der Waals surface area contributed by atoms with Crippen molar-refractivity contribution in [2.24, 2.45) is 0 Å². The summed E-state index contributed by atoms with van der Waals surface area (Å²) >= 11 is 0. The smallest absolute Gasteiger partial charge is 0.379 e. The van der Waals surface area contributed by atoms with Crippen LogP contribution < -0.4 is 5.32 Å². The van der Waals surface area contributed by atoms with Crippen LogP contribution in [0.4, 0.5) is 23.2 Å². The molecular formula is C16H13F4N. The van der Waals surface area contributed by atoms with Crippen LogP contribution in [-0.2, 0) is 6.18 Å². The minimum absolute atomic E-state index is 0.155. The molecule has 0 bridgehead atoms. The first-order chi connectivity index (χ1) is 9.88. The molecule has 1 nitrogen and oxygen atoms in total. The lowest BCUT2D eigenvalue weighted by Crippen LogP contribution is -2.09. The largest absolute Gasteiger partial charge is 0.416 e. The van der Waals surface area contributed by atoms with E-state index in [4.69, 9.17) is 0 Å². The number of nitrogens with one attached hydrogen (secondary N) is 1. The Labute approximate surface area is 119 Å². The average Bonchev–Trinajstić information content (AvgIpc) is 2.45. The number of hydrogen-bond acceptors (Lipinski definition) is 1. The van der Waals surface area contributed by atoms with Crippen LogP contribution >= 0.6 is 0 Å². The van der Waals surface area contributed by atoms with Crippen LogP contribution in [0.1, 0.15) is 11.1 Å². The highest BCUT2D eigenvalue weighted by Crippen LogP contribution is 2.31. The van der Waals surface area contributed by atoms with Crippen molar-refractivity contribution in [3.8, 4) is 0 Å². The zero-order chi connectivity index (χ0) is 15.5. The van der Waals surface area contributed by atoms with Gasteiger partial charge in [-0.2, -0.15) is 13.2 Å². The average molecular weight is 295 g/mol. The van der Waals surface area contributed by atoms with Gasteiger partial charge >= 0.3 is 6.18 Å². The molecule has 0 radical (unpaired) electrons. The quantitative estimate of drug-likeness (QED) is 0.785. The number of anilines is 1. The predicted molar refractivity (Wildman–Crippen MR) is 75.4 cm³/mol. The van der Waals surface area contributed by atoms with Gasteiger partial charge in [0.25, 0.3) is 0 Å². The van der Waals surface area contributed by atoms with Crippen LogP contribution in [0.3, 0.4) is 0 Å². The molecule has 0 saturated heterocycles. The second-order valence-corrected chi connectivity index (χ2v) is 4.52. The third kappa shape index (κ3) is 3.84. The van der Waals surface area contributed by atoms with Gasteiger partial charge in [-0.05, 0) is 29.3 Å². The third-order valence-corrected chi connectivity index (χ3v) is 2.97. The first-order valence-electron chi connectivity index (χ1n) is 6.22. The third-order valence-electron chi connectivity index (χ3n) is 2.97. The minimum atomic E-state index is -4.50. The van der Waals surface area contributed by atoms with Gasteiger partial charge in [0.2, 0.25) is 0 Å². The molecule has 21 heavy (non-hydrogen) atoms. The van der Waals surface area contributed by atoms with E-state index in [1.807, 2.05) is 30.3 Å². The Morgan fingerprint density at radius 1 is 1.05 bits per heavy atom. The highest BCUT2D eigenvalue weighted by Gasteiger charge is 2.31. The molecule has 1 N–H and O–H groups in total. The lowest BCUT2D eigenvalue weighted by molar-refractivity contribution is -0.137. The summed E-state index contributed by atoms with van der Waals surface area (Å²) in [6, 6.07) is 11.4. The number of rotatable bonds is 4.